The molecule has 1 N–H and O–H groups in total. The van der Waals surface area contributed by atoms with E-state index in [2.05, 4.69) is 20.7 Å². The van der Waals surface area contributed by atoms with Crippen LogP contribution in [0.15, 0.2) is 36.4 Å². The summed E-state index contributed by atoms with van der Waals surface area (Å²) in [5, 5.41) is 14.7. The maximum absolute atomic E-state index is 13.8. The molecule has 3 aromatic rings. The first-order valence-electron chi connectivity index (χ1n) is 12.8. The highest BCUT2D eigenvalue weighted by Crippen LogP contribution is 2.39. The Bertz CT molecular complexity index is 1330. The van der Waals surface area contributed by atoms with Gasteiger partial charge >= 0.3 is 18.5 Å². The number of alkyl halides is 9. The third-order valence-electron chi connectivity index (χ3n) is 7.01. The number of ether oxygens (including phenoxy) is 1. The smallest absolute Gasteiger partial charge is 0.376 e. The van der Waals surface area contributed by atoms with E-state index in [0.717, 1.165) is 16.9 Å². The Hall–Kier alpha value is -3.40. The third-order valence-corrected chi connectivity index (χ3v) is 7.01. The Morgan fingerprint density at radius 1 is 0.881 bits per heavy atom. The number of hydrogen-bond acceptors (Lipinski definition) is 6. The van der Waals surface area contributed by atoms with Crippen molar-refractivity contribution in [3.8, 4) is 0 Å². The highest BCUT2D eigenvalue weighted by Gasteiger charge is 2.38. The Balaban J connectivity index is 1.81. The van der Waals surface area contributed by atoms with Crippen molar-refractivity contribution in [2.24, 2.45) is 13.0 Å². The van der Waals surface area contributed by atoms with E-state index in [-0.39, 0.29) is 23.5 Å². The number of halogens is 9. The molecular weight excluding hydrogens is 583 g/mol. The summed E-state index contributed by atoms with van der Waals surface area (Å²) in [6.07, 6.45) is -14.1. The molecule has 0 bridgehead atoms. The second-order valence-electron chi connectivity index (χ2n) is 10.0. The molecule has 1 saturated heterocycles. The van der Waals surface area contributed by atoms with E-state index in [1.54, 1.807) is 0 Å². The van der Waals surface area contributed by atoms with Gasteiger partial charge in [0.2, 0.25) is 0 Å². The van der Waals surface area contributed by atoms with Crippen LogP contribution in [0.2, 0.25) is 0 Å². The largest absolute Gasteiger partial charge is 0.416 e. The number of anilines is 1. The van der Waals surface area contributed by atoms with Gasteiger partial charge in [0.15, 0.2) is 0 Å². The van der Waals surface area contributed by atoms with Crippen LogP contribution in [0.1, 0.15) is 52.3 Å². The number of methoxy groups -OCH3 is 1. The Morgan fingerprint density at radius 2 is 1.48 bits per heavy atom. The van der Waals surface area contributed by atoms with Gasteiger partial charge in [0, 0.05) is 20.2 Å². The molecule has 0 amide bonds. The van der Waals surface area contributed by atoms with E-state index in [1.807, 2.05) is 0 Å². The molecule has 230 valence electrons. The first-order valence-corrected chi connectivity index (χ1v) is 12.8. The van der Waals surface area contributed by atoms with Gasteiger partial charge in [0.25, 0.3) is 5.95 Å². The second-order valence-corrected chi connectivity index (χ2v) is 10.0. The number of rotatable bonds is 8. The molecule has 16 heteroatoms. The summed E-state index contributed by atoms with van der Waals surface area (Å²) in [6, 6.07) is 4.22. The summed E-state index contributed by atoms with van der Waals surface area (Å²) in [7, 11) is 2.81. The maximum atomic E-state index is 13.8. The zero-order valence-corrected chi connectivity index (χ0v) is 22.4. The summed E-state index contributed by atoms with van der Waals surface area (Å²) in [5.41, 5.74) is -3.92. The summed E-state index contributed by atoms with van der Waals surface area (Å²) in [4.78, 5) is 2.19. The minimum absolute atomic E-state index is 0.00152. The van der Waals surface area contributed by atoms with Crippen molar-refractivity contribution in [1.82, 2.24) is 25.5 Å². The van der Waals surface area contributed by atoms with Crippen molar-refractivity contribution in [3.63, 3.8) is 0 Å². The number of hydrogen-bond donors (Lipinski definition) is 1. The van der Waals surface area contributed by atoms with Crippen molar-refractivity contribution in [1.29, 1.82) is 0 Å². The zero-order chi connectivity index (χ0) is 30.9. The first-order chi connectivity index (χ1) is 19.6. The van der Waals surface area contributed by atoms with Gasteiger partial charge in [-0.1, -0.05) is 11.2 Å². The number of nitrogens with zero attached hydrogens (tertiary/aromatic N) is 5. The molecule has 4 rings (SSSR count). The number of tetrazole rings is 1. The van der Waals surface area contributed by atoms with Gasteiger partial charge in [0.05, 0.1) is 29.8 Å². The lowest BCUT2D eigenvalue weighted by atomic mass is 9.85. The van der Waals surface area contributed by atoms with E-state index in [4.69, 9.17) is 4.74 Å². The van der Waals surface area contributed by atoms with Crippen LogP contribution in [0.3, 0.4) is 0 Å². The van der Waals surface area contributed by atoms with E-state index in [9.17, 15) is 39.5 Å². The van der Waals surface area contributed by atoms with Crippen LogP contribution in [-0.2, 0) is 43.4 Å². The lowest BCUT2D eigenvalue weighted by Gasteiger charge is -2.32. The maximum Gasteiger partial charge on any atom is 0.416 e. The Morgan fingerprint density at radius 3 is 1.98 bits per heavy atom. The number of aryl methyl sites for hydroxylation is 1. The van der Waals surface area contributed by atoms with Crippen molar-refractivity contribution >= 4 is 5.95 Å². The number of benzene rings is 2. The minimum atomic E-state index is -5.08. The number of nitrogens with one attached hydrogen (secondary N) is 1. The van der Waals surface area contributed by atoms with Crippen molar-refractivity contribution in [2.75, 3.05) is 25.1 Å². The summed E-state index contributed by atoms with van der Waals surface area (Å²) in [5.74, 6) is -0.254. The molecule has 1 unspecified atom stereocenters. The lowest BCUT2D eigenvalue weighted by molar-refractivity contribution is -0.143. The average Bonchev–Trinajstić information content (AvgIpc) is 3.34. The van der Waals surface area contributed by atoms with Gasteiger partial charge in [-0.15, -0.1) is 5.10 Å². The standard InChI is InChI=1S/C26H27F9N6O/c1-40-38-23(37-39-40)41(13-15-9-19(25(30,31)32)12-20(10-15)26(33,34)35)14-17-11-18(24(27,28)29)3-4-21(17)22(42-2)16-5-7-36-8-6-16/h3-4,9-12,16,22,36H,5-8,13-14H2,1-2H3. The molecular formula is C26H27F9N6O. The average molecular weight is 611 g/mol. The fourth-order valence-corrected chi connectivity index (χ4v) is 5.05. The normalized spacial score (nSPS) is 16.1. The van der Waals surface area contributed by atoms with Crippen molar-refractivity contribution in [2.45, 2.75) is 50.6 Å². The first kappa shape index (κ1) is 31.5. The van der Waals surface area contributed by atoms with Crippen LogP contribution < -0.4 is 10.2 Å². The monoisotopic (exact) mass is 610 g/mol. The highest BCUT2D eigenvalue weighted by atomic mass is 19.4. The van der Waals surface area contributed by atoms with Crippen LogP contribution in [-0.4, -0.2) is 40.4 Å². The molecule has 42 heavy (non-hydrogen) atoms. The van der Waals surface area contributed by atoms with Crippen LogP contribution in [0.25, 0.3) is 0 Å². The number of aromatic nitrogens is 4. The van der Waals surface area contributed by atoms with Crippen LogP contribution in [0.4, 0.5) is 45.5 Å². The predicted octanol–water partition coefficient (Wildman–Crippen LogP) is 6.16. The van der Waals surface area contributed by atoms with Crippen LogP contribution in [0.5, 0.6) is 0 Å². The fourth-order valence-electron chi connectivity index (χ4n) is 5.05. The summed E-state index contributed by atoms with van der Waals surface area (Å²) >= 11 is 0. The van der Waals surface area contributed by atoms with E-state index in [0.29, 0.717) is 43.6 Å². The molecule has 1 aromatic heterocycles. The van der Waals surface area contributed by atoms with Crippen LogP contribution >= 0.6 is 0 Å². The Labute approximate surface area is 234 Å². The molecule has 1 atom stereocenters. The summed E-state index contributed by atoms with van der Waals surface area (Å²) < 4.78 is 128. The van der Waals surface area contributed by atoms with Gasteiger partial charge in [-0.2, -0.15) is 44.3 Å². The molecule has 2 aromatic carbocycles. The molecule has 0 saturated carbocycles. The van der Waals surface area contributed by atoms with Gasteiger partial charge in [-0.25, -0.2) is 0 Å². The van der Waals surface area contributed by atoms with Gasteiger partial charge in [0.1, 0.15) is 0 Å². The molecule has 7 nitrogen and oxygen atoms in total. The van der Waals surface area contributed by atoms with Gasteiger partial charge in [-0.3, -0.25) is 0 Å². The van der Waals surface area contributed by atoms with E-state index in [1.165, 1.54) is 25.1 Å². The predicted molar refractivity (Wildman–Crippen MR) is 132 cm³/mol. The molecule has 1 fully saturated rings. The fraction of sp³-hybridized carbons (Fsp3) is 0.500. The molecule has 2 heterocycles. The minimum Gasteiger partial charge on any atom is -0.376 e. The Kier molecular flexibility index (Phi) is 9.06. The lowest BCUT2D eigenvalue weighted by Crippen LogP contribution is -2.32. The van der Waals surface area contributed by atoms with E-state index < -0.39 is 60.0 Å². The zero-order valence-electron chi connectivity index (χ0n) is 22.4. The van der Waals surface area contributed by atoms with Crippen LogP contribution in [0, 0.1) is 5.92 Å². The number of piperidine rings is 1. The van der Waals surface area contributed by atoms with Gasteiger partial charge in [-0.05, 0) is 84.1 Å². The van der Waals surface area contributed by atoms with E-state index >= 15 is 0 Å². The quantitative estimate of drug-likeness (QED) is 0.309. The third kappa shape index (κ3) is 7.51. The molecule has 0 aliphatic carbocycles. The highest BCUT2D eigenvalue weighted by molar-refractivity contribution is 5.42. The molecule has 1 aliphatic rings. The van der Waals surface area contributed by atoms with Crippen molar-refractivity contribution in [3.05, 3.63) is 69.8 Å². The van der Waals surface area contributed by atoms with Gasteiger partial charge < -0.3 is 15.0 Å². The molecule has 1 aliphatic heterocycles. The molecule has 0 spiro atoms. The topological polar surface area (TPSA) is 68.1 Å². The molecule has 0 radical (unpaired) electrons. The van der Waals surface area contributed by atoms with Crippen molar-refractivity contribution < 1.29 is 44.3 Å². The SMILES string of the molecule is COC(c1ccc(C(F)(F)F)cc1CN(Cc1cc(C(F)(F)F)cc(C(F)(F)F)c1)c1nnn(C)n1)C1CCNCC1. The summed E-state index contributed by atoms with van der Waals surface area (Å²) in [6.45, 7) is 0.354. The second kappa shape index (κ2) is 12.1.